The van der Waals surface area contributed by atoms with E-state index in [1.54, 1.807) is 30.5 Å². The fraction of sp³-hybridized carbons (Fsp3) is 0.182. The molecule has 0 radical (unpaired) electrons. The van der Waals surface area contributed by atoms with Crippen LogP contribution in [0.3, 0.4) is 0 Å². The van der Waals surface area contributed by atoms with Crippen molar-refractivity contribution < 1.29 is 9.90 Å². The minimum Gasteiger partial charge on any atom is -0.378 e. The first-order valence-electron chi connectivity index (χ1n) is 8.79. The Bertz CT molecular complexity index is 974. The summed E-state index contributed by atoms with van der Waals surface area (Å²) in [5, 5.41) is 14.1. The van der Waals surface area contributed by atoms with Crippen LogP contribution in [0.2, 0.25) is 0 Å². The van der Waals surface area contributed by atoms with Crippen LogP contribution < -0.4 is 5.43 Å². The molecule has 138 valence electrons. The smallest absolute Gasteiger partial charge is 0.273 e. The number of carbonyl (C=O) groups excluding carboxylic acids is 1. The van der Waals surface area contributed by atoms with E-state index in [9.17, 15) is 9.90 Å². The van der Waals surface area contributed by atoms with E-state index in [1.807, 2.05) is 32.0 Å². The molecule has 3 aromatic rings. The van der Waals surface area contributed by atoms with Crippen LogP contribution in [0, 0.1) is 20.8 Å². The molecule has 27 heavy (non-hydrogen) atoms. The Hall–Kier alpha value is -3.18. The van der Waals surface area contributed by atoms with Crippen LogP contribution in [0.5, 0.6) is 0 Å². The molecular weight excluding hydrogens is 338 g/mol. The summed E-state index contributed by atoms with van der Waals surface area (Å²) >= 11 is 0. The molecule has 0 saturated heterocycles. The highest BCUT2D eigenvalue weighted by Crippen LogP contribution is 2.20. The van der Waals surface area contributed by atoms with Gasteiger partial charge in [0.15, 0.2) is 6.10 Å². The molecule has 5 nitrogen and oxygen atoms in total. The van der Waals surface area contributed by atoms with E-state index in [0.717, 1.165) is 22.6 Å². The average Bonchev–Trinajstić information content (AvgIpc) is 2.95. The van der Waals surface area contributed by atoms with Crippen molar-refractivity contribution in [1.82, 2.24) is 9.99 Å². The summed E-state index contributed by atoms with van der Waals surface area (Å²) < 4.78 is 2.15. The van der Waals surface area contributed by atoms with Crippen molar-refractivity contribution in [1.29, 1.82) is 0 Å². The Morgan fingerprint density at radius 2 is 1.81 bits per heavy atom. The number of nitrogens with one attached hydrogen (secondary N) is 1. The van der Waals surface area contributed by atoms with Gasteiger partial charge in [-0.15, -0.1) is 0 Å². The first-order valence-corrected chi connectivity index (χ1v) is 8.79. The van der Waals surface area contributed by atoms with Crippen molar-refractivity contribution in [3.63, 3.8) is 0 Å². The SMILES string of the molecule is Cc1cccc(-n2c(C)cc(/C=N\NC(=O)[C@H](O)c3ccccc3)c2C)c1. The van der Waals surface area contributed by atoms with Crippen LogP contribution in [-0.2, 0) is 4.79 Å². The third-order valence-electron chi connectivity index (χ3n) is 4.47. The molecule has 0 aliphatic rings. The lowest BCUT2D eigenvalue weighted by atomic mass is 10.1. The van der Waals surface area contributed by atoms with Gasteiger partial charge in [-0.1, -0.05) is 42.5 Å². The van der Waals surface area contributed by atoms with E-state index in [-0.39, 0.29) is 0 Å². The highest BCUT2D eigenvalue weighted by molar-refractivity contribution is 5.86. The van der Waals surface area contributed by atoms with Gasteiger partial charge in [0.1, 0.15) is 0 Å². The number of amides is 1. The highest BCUT2D eigenvalue weighted by Gasteiger charge is 2.16. The average molecular weight is 361 g/mol. The third kappa shape index (κ3) is 4.15. The molecule has 1 atom stereocenters. The predicted molar refractivity (Wildman–Crippen MR) is 107 cm³/mol. The molecule has 1 amide bonds. The first-order chi connectivity index (χ1) is 13.0. The lowest BCUT2D eigenvalue weighted by Gasteiger charge is -2.10. The molecule has 0 bridgehead atoms. The summed E-state index contributed by atoms with van der Waals surface area (Å²) in [4.78, 5) is 12.1. The minimum absolute atomic E-state index is 0.530. The summed E-state index contributed by atoms with van der Waals surface area (Å²) in [6.45, 7) is 6.11. The Labute approximate surface area is 159 Å². The number of hydrogen-bond acceptors (Lipinski definition) is 3. The van der Waals surface area contributed by atoms with Crippen molar-refractivity contribution in [2.75, 3.05) is 0 Å². The zero-order valence-electron chi connectivity index (χ0n) is 15.7. The fourth-order valence-electron chi connectivity index (χ4n) is 3.10. The summed E-state index contributed by atoms with van der Waals surface area (Å²) in [6.07, 6.45) is 0.354. The van der Waals surface area contributed by atoms with E-state index in [0.29, 0.717) is 5.56 Å². The highest BCUT2D eigenvalue weighted by atomic mass is 16.3. The summed E-state index contributed by atoms with van der Waals surface area (Å²) in [5.74, 6) is -0.565. The van der Waals surface area contributed by atoms with Crippen molar-refractivity contribution in [3.05, 3.63) is 88.7 Å². The number of aryl methyl sites for hydroxylation is 2. The molecule has 0 unspecified atom stereocenters. The second-order valence-corrected chi connectivity index (χ2v) is 6.55. The van der Waals surface area contributed by atoms with Crippen molar-refractivity contribution in [2.24, 2.45) is 5.10 Å². The molecule has 3 rings (SSSR count). The van der Waals surface area contributed by atoms with Gasteiger partial charge in [-0.25, -0.2) is 5.43 Å². The maximum Gasteiger partial charge on any atom is 0.273 e. The molecule has 2 aromatic carbocycles. The number of hydrazone groups is 1. The monoisotopic (exact) mass is 361 g/mol. The zero-order valence-corrected chi connectivity index (χ0v) is 15.7. The number of benzene rings is 2. The molecule has 0 aliphatic heterocycles. The number of aliphatic hydroxyl groups excluding tert-OH is 1. The zero-order chi connectivity index (χ0) is 19.4. The second kappa shape index (κ2) is 8.01. The molecule has 1 aromatic heterocycles. The van der Waals surface area contributed by atoms with Gasteiger partial charge in [-0.2, -0.15) is 5.10 Å². The lowest BCUT2D eigenvalue weighted by molar-refractivity contribution is -0.129. The van der Waals surface area contributed by atoms with Crippen LogP contribution in [-0.4, -0.2) is 21.8 Å². The predicted octanol–water partition coefficient (Wildman–Crippen LogP) is 3.59. The van der Waals surface area contributed by atoms with Gasteiger partial charge in [-0.3, -0.25) is 4.79 Å². The van der Waals surface area contributed by atoms with Gasteiger partial charge < -0.3 is 9.67 Å². The molecule has 0 fully saturated rings. The van der Waals surface area contributed by atoms with Crippen LogP contribution in [0.15, 0.2) is 65.8 Å². The first kappa shape index (κ1) is 18.6. The second-order valence-electron chi connectivity index (χ2n) is 6.55. The van der Waals surface area contributed by atoms with Crippen LogP contribution >= 0.6 is 0 Å². The normalized spacial score (nSPS) is 12.3. The molecule has 0 spiro atoms. The number of aliphatic hydroxyl groups is 1. The summed E-state index contributed by atoms with van der Waals surface area (Å²) in [5.41, 5.74) is 8.23. The lowest BCUT2D eigenvalue weighted by Crippen LogP contribution is -2.25. The van der Waals surface area contributed by atoms with Crippen molar-refractivity contribution >= 4 is 12.1 Å². The van der Waals surface area contributed by atoms with Gasteiger partial charge in [0.05, 0.1) is 6.21 Å². The number of hydrogen-bond donors (Lipinski definition) is 2. The Kier molecular flexibility index (Phi) is 5.52. The van der Waals surface area contributed by atoms with E-state index >= 15 is 0 Å². The molecule has 2 N–H and O–H groups in total. The van der Waals surface area contributed by atoms with E-state index in [1.165, 1.54) is 5.56 Å². The molecule has 0 aliphatic carbocycles. The van der Waals surface area contributed by atoms with Gasteiger partial charge in [0, 0.05) is 22.6 Å². The molecular formula is C22H23N3O2. The number of rotatable bonds is 5. The van der Waals surface area contributed by atoms with Crippen molar-refractivity contribution in [3.8, 4) is 5.69 Å². The van der Waals surface area contributed by atoms with Gasteiger partial charge >= 0.3 is 0 Å². The maximum atomic E-state index is 12.1. The maximum absolute atomic E-state index is 12.1. The fourth-order valence-corrected chi connectivity index (χ4v) is 3.10. The van der Waals surface area contributed by atoms with Gasteiger partial charge in [0.25, 0.3) is 5.91 Å². The van der Waals surface area contributed by atoms with Crippen LogP contribution in [0.4, 0.5) is 0 Å². The topological polar surface area (TPSA) is 66.6 Å². The third-order valence-corrected chi connectivity index (χ3v) is 4.47. The van der Waals surface area contributed by atoms with Gasteiger partial charge in [0.2, 0.25) is 0 Å². The summed E-state index contributed by atoms with van der Waals surface area (Å²) in [7, 11) is 0. The van der Waals surface area contributed by atoms with Crippen LogP contribution in [0.1, 0.15) is 34.2 Å². The minimum atomic E-state index is -1.25. The van der Waals surface area contributed by atoms with E-state index in [4.69, 9.17) is 0 Å². The number of aromatic nitrogens is 1. The van der Waals surface area contributed by atoms with E-state index < -0.39 is 12.0 Å². The molecule has 5 heteroatoms. The van der Waals surface area contributed by atoms with Crippen molar-refractivity contribution in [2.45, 2.75) is 26.9 Å². The number of carbonyl (C=O) groups is 1. The van der Waals surface area contributed by atoms with Crippen LogP contribution in [0.25, 0.3) is 5.69 Å². The Balaban J connectivity index is 1.75. The standard InChI is InChI=1S/C22H23N3O2/c1-15-8-7-11-20(12-15)25-16(2)13-19(17(25)3)14-23-24-22(27)21(26)18-9-5-4-6-10-18/h4-14,21,26H,1-3H3,(H,24,27)/b23-14-/t21-/m1/s1. The Morgan fingerprint density at radius 1 is 1.07 bits per heavy atom. The quantitative estimate of drug-likeness (QED) is 0.539. The summed E-state index contributed by atoms with van der Waals surface area (Å²) in [6, 6.07) is 19.1. The largest absolute Gasteiger partial charge is 0.378 e. The van der Waals surface area contributed by atoms with Gasteiger partial charge in [-0.05, 0) is 50.1 Å². The number of nitrogens with zero attached hydrogens (tertiary/aromatic N) is 2. The van der Waals surface area contributed by atoms with E-state index in [2.05, 4.69) is 40.2 Å². The molecule has 1 heterocycles. The molecule has 0 saturated carbocycles. The Morgan fingerprint density at radius 3 is 2.52 bits per heavy atom.